The average molecular weight is 294 g/mol. The lowest BCUT2D eigenvalue weighted by atomic mass is 9.94. The molecular formula is C16H20ClNO2. The maximum atomic E-state index is 10.7. The molecule has 1 fully saturated rings. The first-order valence-electron chi connectivity index (χ1n) is 7.06. The number of piperidine rings is 1. The van der Waals surface area contributed by atoms with Crippen molar-refractivity contribution in [3.8, 4) is 0 Å². The summed E-state index contributed by atoms with van der Waals surface area (Å²) >= 11 is 6.35. The highest BCUT2D eigenvalue weighted by molar-refractivity contribution is 6.33. The van der Waals surface area contributed by atoms with E-state index in [1.807, 2.05) is 18.2 Å². The van der Waals surface area contributed by atoms with Crippen LogP contribution in [0.2, 0.25) is 5.02 Å². The van der Waals surface area contributed by atoms with Gasteiger partial charge in [-0.2, -0.15) is 0 Å². The number of benzene rings is 1. The van der Waals surface area contributed by atoms with Crippen LogP contribution >= 0.6 is 11.6 Å². The molecular weight excluding hydrogens is 274 g/mol. The van der Waals surface area contributed by atoms with Crippen LogP contribution in [0.4, 0.5) is 5.69 Å². The van der Waals surface area contributed by atoms with Gasteiger partial charge in [0.25, 0.3) is 0 Å². The maximum absolute atomic E-state index is 10.7. The highest BCUT2D eigenvalue weighted by atomic mass is 35.5. The zero-order chi connectivity index (χ0) is 14.5. The topological polar surface area (TPSA) is 40.5 Å². The molecule has 1 aromatic rings. The molecule has 1 aliphatic rings. The molecule has 20 heavy (non-hydrogen) atoms. The summed E-state index contributed by atoms with van der Waals surface area (Å²) in [7, 11) is 0. The van der Waals surface area contributed by atoms with Crippen LogP contribution in [-0.4, -0.2) is 24.2 Å². The zero-order valence-corrected chi connectivity index (χ0v) is 12.4. The van der Waals surface area contributed by atoms with Gasteiger partial charge in [-0.15, -0.1) is 0 Å². The van der Waals surface area contributed by atoms with E-state index in [0.29, 0.717) is 10.9 Å². The molecule has 0 amide bonds. The maximum Gasteiger partial charge on any atom is 0.328 e. The predicted octanol–water partition coefficient (Wildman–Crippen LogP) is 4.06. The van der Waals surface area contributed by atoms with E-state index in [4.69, 9.17) is 16.7 Å². The monoisotopic (exact) mass is 293 g/mol. The van der Waals surface area contributed by atoms with E-state index in [1.165, 1.54) is 12.8 Å². The van der Waals surface area contributed by atoms with Gasteiger partial charge in [0.15, 0.2) is 0 Å². The lowest BCUT2D eigenvalue weighted by Crippen LogP contribution is -2.35. The number of anilines is 1. The normalized spacial score (nSPS) is 19.5. The number of carboxylic acid groups (broad SMARTS) is 1. The molecule has 2 rings (SSSR count). The molecule has 1 saturated heterocycles. The van der Waals surface area contributed by atoms with Crippen LogP contribution < -0.4 is 4.90 Å². The number of para-hydroxylation sites is 1. The van der Waals surface area contributed by atoms with Crippen LogP contribution in [0.5, 0.6) is 0 Å². The number of carbonyl (C=O) groups is 1. The number of nitrogens with zero attached hydrogens (tertiary/aromatic N) is 1. The standard InChI is InChI=1S/C16H20ClNO2/c1-2-12-5-4-10-18(11-12)16-13(8-9-15(19)20)6-3-7-14(16)17/h3,6-9,12H,2,4-5,10-11H2,1H3,(H,19,20)/b9-8+. The number of aliphatic carboxylic acids is 1. The van der Waals surface area contributed by atoms with Gasteiger partial charge in [-0.05, 0) is 36.5 Å². The van der Waals surface area contributed by atoms with Crippen molar-refractivity contribution >= 4 is 29.3 Å². The van der Waals surface area contributed by atoms with Crippen molar-refractivity contribution in [1.29, 1.82) is 0 Å². The van der Waals surface area contributed by atoms with E-state index >= 15 is 0 Å². The third-order valence-corrected chi connectivity index (χ3v) is 4.14. The minimum Gasteiger partial charge on any atom is -0.478 e. The predicted molar refractivity (Wildman–Crippen MR) is 83.3 cm³/mol. The Morgan fingerprint density at radius 1 is 1.55 bits per heavy atom. The highest BCUT2D eigenvalue weighted by Crippen LogP contribution is 2.34. The Labute approximate surface area is 124 Å². The first-order valence-corrected chi connectivity index (χ1v) is 7.44. The third-order valence-electron chi connectivity index (χ3n) is 3.84. The third kappa shape index (κ3) is 3.54. The van der Waals surface area contributed by atoms with E-state index < -0.39 is 5.97 Å². The summed E-state index contributed by atoms with van der Waals surface area (Å²) in [6.07, 6.45) is 6.38. The zero-order valence-electron chi connectivity index (χ0n) is 11.7. The van der Waals surface area contributed by atoms with Crippen molar-refractivity contribution < 1.29 is 9.90 Å². The summed E-state index contributed by atoms with van der Waals surface area (Å²) in [5.74, 6) is -0.252. The van der Waals surface area contributed by atoms with Crippen LogP contribution in [0, 0.1) is 5.92 Å². The number of hydrogen-bond donors (Lipinski definition) is 1. The van der Waals surface area contributed by atoms with Gasteiger partial charge in [0.2, 0.25) is 0 Å². The largest absolute Gasteiger partial charge is 0.478 e. The molecule has 1 heterocycles. The summed E-state index contributed by atoms with van der Waals surface area (Å²) in [6, 6.07) is 5.63. The van der Waals surface area contributed by atoms with Gasteiger partial charge < -0.3 is 10.0 Å². The Bertz CT molecular complexity index is 513. The summed E-state index contributed by atoms with van der Waals surface area (Å²) in [4.78, 5) is 13.0. The summed E-state index contributed by atoms with van der Waals surface area (Å²) < 4.78 is 0. The van der Waals surface area contributed by atoms with Crippen molar-refractivity contribution in [2.24, 2.45) is 5.92 Å². The SMILES string of the molecule is CCC1CCCN(c2c(Cl)cccc2/C=C/C(=O)O)C1. The molecule has 4 heteroatoms. The van der Waals surface area contributed by atoms with Crippen LogP contribution in [0.1, 0.15) is 31.7 Å². The van der Waals surface area contributed by atoms with Gasteiger partial charge in [-0.25, -0.2) is 4.79 Å². The molecule has 1 unspecified atom stereocenters. The fourth-order valence-corrected chi connectivity index (χ4v) is 3.06. The second kappa shape index (κ2) is 6.80. The summed E-state index contributed by atoms with van der Waals surface area (Å²) in [5.41, 5.74) is 1.83. The van der Waals surface area contributed by atoms with Gasteiger partial charge in [0, 0.05) is 19.2 Å². The van der Waals surface area contributed by atoms with Crippen LogP contribution in [-0.2, 0) is 4.79 Å². The quantitative estimate of drug-likeness (QED) is 0.851. The fourth-order valence-electron chi connectivity index (χ4n) is 2.76. The minimum absolute atomic E-state index is 0.689. The van der Waals surface area contributed by atoms with E-state index in [2.05, 4.69) is 11.8 Å². The second-order valence-corrected chi connectivity index (χ2v) is 5.62. The van der Waals surface area contributed by atoms with Gasteiger partial charge >= 0.3 is 5.97 Å². The Morgan fingerprint density at radius 2 is 2.35 bits per heavy atom. The van der Waals surface area contributed by atoms with Gasteiger partial charge in [0.05, 0.1) is 10.7 Å². The van der Waals surface area contributed by atoms with Crippen molar-refractivity contribution in [3.63, 3.8) is 0 Å². The van der Waals surface area contributed by atoms with Gasteiger partial charge in [0.1, 0.15) is 0 Å². The van der Waals surface area contributed by atoms with Gasteiger partial charge in [-0.1, -0.05) is 37.1 Å². The number of halogens is 1. The van der Waals surface area contributed by atoms with Crippen LogP contribution in [0.15, 0.2) is 24.3 Å². The van der Waals surface area contributed by atoms with E-state index in [9.17, 15) is 4.79 Å². The molecule has 0 aliphatic carbocycles. The number of rotatable bonds is 4. The number of hydrogen-bond acceptors (Lipinski definition) is 2. The molecule has 108 valence electrons. The lowest BCUT2D eigenvalue weighted by molar-refractivity contribution is -0.131. The molecule has 1 aliphatic heterocycles. The van der Waals surface area contributed by atoms with Crippen molar-refractivity contribution in [2.45, 2.75) is 26.2 Å². The fraction of sp³-hybridized carbons (Fsp3) is 0.438. The molecule has 0 spiro atoms. The first kappa shape index (κ1) is 14.9. The molecule has 1 aromatic carbocycles. The second-order valence-electron chi connectivity index (χ2n) is 5.21. The molecule has 0 aromatic heterocycles. The van der Waals surface area contributed by atoms with Crippen molar-refractivity contribution in [2.75, 3.05) is 18.0 Å². The molecule has 0 bridgehead atoms. The lowest BCUT2D eigenvalue weighted by Gasteiger charge is -2.35. The average Bonchev–Trinajstić information content (AvgIpc) is 2.45. The number of carboxylic acids is 1. The molecule has 1 N–H and O–H groups in total. The Morgan fingerprint density at radius 3 is 3.05 bits per heavy atom. The summed E-state index contributed by atoms with van der Waals surface area (Å²) in [6.45, 7) is 4.19. The van der Waals surface area contributed by atoms with Crippen LogP contribution in [0.25, 0.3) is 6.08 Å². The van der Waals surface area contributed by atoms with E-state index in [0.717, 1.165) is 36.8 Å². The summed E-state index contributed by atoms with van der Waals surface area (Å²) in [5, 5.41) is 9.48. The van der Waals surface area contributed by atoms with E-state index in [1.54, 1.807) is 6.08 Å². The van der Waals surface area contributed by atoms with Crippen molar-refractivity contribution in [1.82, 2.24) is 0 Å². The molecule has 3 nitrogen and oxygen atoms in total. The minimum atomic E-state index is -0.944. The first-order chi connectivity index (χ1) is 9.61. The van der Waals surface area contributed by atoms with E-state index in [-0.39, 0.29) is 0 Å². The Kier molecular flexibility index (Phi) is 5.07. The smallest absolute Gasteiger partial charge is 0.328 e. The highest BCUT2D eigenvalue weighted by Gasteiger charge is 2.21. The van der Waals surface area contributed by atoms with Crippen LogP contribution in [0.3, 0.4) is 0 Å². The molecule has 0 saturated carbocycles. The van der Waals surface area contributed by atoms with Crippen molar-refractivity contribution in [3.05, 3.63) is 34.9 Å². The Hall–Kier alpha value is -1.48. The molecule has 1 atom stereocenters. The molecule has 0 radical (unpaired) electrons. The van der Waals surface area contributed by atoms with Gasteiger partial charge in [-0.3, -0.25) is 0 Å². The Balaban J connectivity index is 2.31.